The van der Waals surface area contributed by atoms with Crippen LogP contribution in [0, 0.1) is 11.7 Å². The van der Waals surface area contributed by atoms with Crippen LogP contribution in [0.2, 0.25) is 0 Å². The third-order valence-electron chi connectivity index (χ3n) is 4.15. The fraction of sp³-hybridized carbons (Fsp3) is 0.533. The van der Waals surface area contributed by atoms with Gasteiger partial charge in [0.25, 0.3) is 0 Å². The highest BCUT2D eigenvalue weighted by Crippen LogP contribution is 2.37. The van der Waals surface area contributed by atoms with Crippen molar-refractivity contribution in [2.45, 2.75) is 24.9 Å². The van der Waals surface area contributed by atoms with E-state index in [0.717, 1.165) is 6.42 Å². The number of ether oxygens (including phenoxy) is 2. The molecule has 3 nitrogen and oxygen atoms in total. The second-order valence-corrected chi connectivity index (χ2v) is 6.34. The van der Waals surface area contributed by atoms with Gasteiger partial charge in [-0.2, -0.15) is 0 Å². The molecule has 1 aromatic rings. The standard InChI is InChI=1S/C15H16BrFO3/c16-12-3-1-2-11(13(12)17)14(18)10-4-6-20-15(8-10)5-7-19-9-15/h1-3,10H,4-9H2. The third kappa shape index (κ3) is 2.54. The van der Waals surface area contributed by atoms with Crippen LogP contribution in [-0.4, -0.2) is 31.2 Å². The van der Waals surface area contributed by atoms with Gasteiger partial charge in [0.2, 0.25) is 0 Å². The number of ketones is 1. The predicted octanol–water partition coefficient (Wildman–Crippen LogP) is 3.36. The van der Waals surface area contributed by atoms with E-state index in [9.17, 15) is 9.18 Å². The van der Waals surface area contributed by atoms with Gasteiger partial charge in [0, 0.05) is 25.6 Å². The van der Waals surface area contributed by atoms with Crippen molar-refractivity contribution in [3.05, 3.63) is 34.1 Å². The Hall–Kier alpha value is -0.780. The Morgan fingerprint density at radius 3 is 3.00 bits per heavy atom. The summed E-state index contributed by atoms with van der Waals surface area (Å²) in [7, 11) is 0. The van der Waals surface area contributed by atoms with E-state index in [1.807, 2.05) is 0 Å². The summed E-state index contributed by atoms with van der Waals surface area (Å²) in [4.78, 5) is 12.6. The fourth-order valence-corrected chi connectivity index (χ4v) is 3.40. The van der Waals surface area contributed by atoms with Crippen molar-refractivity contribution in [1.82, 2.24) is 0 Å². The average molecular weight is 343 g/mol. The first-order valence-corrected chi connectivity index (χ1v) is 7.61. The van der Waals surface area contributed by atoms with Gasteiger partial charge >= 0.3 is 0 Å². The van der Waals surface area contributed by atoms with Crippen molar-refractivity contribution < 1.29 is 18.7 Å². The van der Waals surface area contributed by atoms with E-state index >= 15 is 0 Å². The number of halogens is 2. The lowest BCUT2D eigenvalue weighted by molar-refractivity contribution is -0.0921. The van der Waals surface area contributed by atoms with E-state index in [0.29, 0.717) is 37.1 Å². The average Bonchev–Trinajstić information content (AvgIpc) is 2.89. The van der Waals surface area contributed by atoms with Gasteiger partial charge in [0.05, 0.1) is 22.2 Å². The summed E-state index contributed by atoms with van der Waals surface area (Å²) >= 11 is 3.13. The van der Waals surface area contributed by atoms with Crippen molar-refractivity contribution in [2.75, 3.05) is 19.8 Å². The highest BCUT2D eigenvalue weighted by molar-refractivity contribution is 9.10. The Balaban J connectivity index is 1.81. The molecule has 2 aliphatic rings. The zero-order chi connectivity index (χ0) is 14.2. The highest BCUT2D eigenvalue weighted by atomic mass is 79.9. The molecule has 3 rings (SSSR count). The number of carbonyl (C=O) groups excluding carboxylic acids is 1. The minimum Gasteiger partial charge on any atom is -0.378 e. The molecule has 2 heterocycles. The molecule has 108 valence electrons. The van der Waals surface area contributed by atoms with Crippen LogP contribution in [-0.2, 0) is 9.47 Å². The summed E-state index contributed by atoms with van der Waals surface area (Å²) in [5, 5.41) is 0. The Kier molecular flexibility index (Phi) is 3.93. The smallest absolute Gasteiger partial charge is 0.169 e. The van der Waals surface area contributed by atoms with Crippen molar-refractivity contribution in [3.8, 4) is 0 Å². The SMILES string of the molecule is O=C(c1cccc(Br)c1F)C1CCOC2(CCOC2)C1. The maximum atomic E-state index is 14.1. The highest BCUT2D eigenvalue weighted by Gasteiger charge is 2.43. The van der Waals surface area contributed by atoms with Crippen molar-refractivity contribution in [1.29, 1.82) is 0 Å². The van der Waals surface area contributed by atoms with E-state index in [1.54, 1.807) is 18.2 Å². The van der Waals surface area contributed by atoms with Crippen LogP contribution in [0.1, 0.15) is 29.6 Å². The number of benzene rings is 1. The van der Waals surface area contributed by atoms with Crippen molar-refractivity contribution in [2.24, 2.45) is 5.92 Å². The van der Waals surface area contributed by atoms with Crippen LogP contribution in [0.5, 0.6) is 0 Å². The fourth-order valence-electron chi connectivity index (χ4n) is 3.03. The molecule has 5 heteroatoms. The van der Waals surface area contributed by atoms with E-state index in [-0.39, 0.29) is 22.9 Å². The lowest BCUT2D eigenvalue weighted by Gasteiger charge is -2.36. The molecule has 0 saturated carbocycles. The molecule has 0 aromatic heterocycles. The van der Waals surface area contributed by atoms with E-state index in [2.05, 4.69) is 15.9 Å². The zero-order valence-electron chi connectivity index (χ0n) is 11.0. The first-order chi connectivity index (χ1) is 9.61. The molecule has 0 amide bonds. The normalized spacial score (nSPS) is 29.8. The Morgan fingerprint density at radius 1 is 1.40 bits per heavy atom. The second kappa shape index (κ2) is 5.54. The Bertz CT molecular complexity index is 526. The minimum absolute atomic E-state index is 0.127. The summed E-state index contributed by atoms with van der Waals surface area (Å²) < 4.78 is 25.6. The summed E-state index contributed by atoms with van der Waals surface area (Å²) in [6.07, 6.45) is 2.09. The topological polar surface area (TPSA) is 35.5 Å². The lowest BCUT2D eigenvalue weighted by Crippen LogP contribution is -2.42. The van der Waals surface area contributed by atoms with E-state index < -0.39 is 5.82 Å². The molecule has 1 aromatic carbocycles. The van der Waals surface area contributed by atoms with Crippen LogP contribution in [0.3, 0.4) is 0 Å². The summed E-state index contributed by atoms with van der Waals surface area (Å²) in [6, 6.07) is 4.84. The molecule has 0 radical (unpaired) electrons. The second-order valence-electron chi connectivity index (χ2n) is 5.49. The van der Waals surface area contributed by atoms with Gasteiger partial charge in [-0.1, -0.05) is 6.07 Å². The number of Topliss-reactive ketones (excluding diaryl/α,β-unsaturated/α-hetero) is 1. The van der Waals surface area contributed by atoms with Gasteiger partial charge in [0.1, 0.15) is 5.82 Å². The van der Waals surface area contributed by atoms with Crippen LogP contribution < -0.4 is 0 Å². The van der Waals surface area contributed by atoms with Gasteiger partial charge in [-0.3, -0.25) is 4.79 Å². The summed E-state index contributed by atoms with van der Waals surface area (Å²) in [5.74, 6) is -0.784. The van der Waals surface area contributed by atoms with Gasteiger partial charge in [0.15, 0.2) is 5.78 Å². The Labute approximate surface area is 125 Å². The maximum absolute atomic E-state index is 14.1. The molecular weight excluding hydrogens is 327 g/mol. The van der Waals surface area contributed by atoms with E-state index in [4.69, 9.17) is 9.47 Å². The van der Waals surface area contributed by atoms with Crippen LogP contribution in [0.25, 0.3) is 0 Å². The van der Waals surface area contributed by atoms with Crippen molar-refractivity contribution in [3.63, 3.8) is 0 Å². The van der Waals surface area contributed by atoms with Crippen molar-refractivity contribution >= 4 is 21.7 Å². The third-order valence-corrected chi connectivity index (χ3v) is 4.76. The number of carbonyl (C=O) groups is 1. The molecule has 2 saturated heterocycles. The van der Waals surface area contributed by atoms with Gasteiger partial charge in [-0.05, 0) is 40.9 Å². The van der Waals surface area contributed by atoms with Crippen LogP contribution in [0.4, 0.5) is 4.39 Å². The monoisotopic (exact) mass is 342 g/mol. The molecule has 0 N–H and O–H groups in total. The molecule has 0 aliphatic carbocycles. The molecular formula is C15H16BrFO3. The van der Waals surface area contributed by atoms with Gasteiger partial charge in [-0.15, -0.1) is 0 Å². The summed E-state index contributed by atoms with van der Waals surface area (Å²) in [5.41, 5.74) is -0.165. The number of hydrogen-bond donors (Lipinski definition) is 0. The lowest BCUT2D eigenvalue weighted by atomic mass is 9.81. The minimum atomic E-state index is -0.472. The van der Waals surface area contributed by atoms with Crippen LogP contribution >= 0.6 is 15.9 Å². The van der Waals surface area contributed by atoms with Crippen LogP contribution in [0.15, 0.2) is 22.7 Å². The number of hydrogen-bond acceptors (Lipinski definition) is 3. The quantitative estimate of drug-likeness (QED) is 0.773. The first kappa shape index (κ1) is 14.2. The maximum Gasteiger partial charge on any atom is 0.169 e. The molecule has 2 atom stereocenters. The van der Waals surface area contributed by atoms with E-state index in [1.165, 1.54) is 0 Å². The molecule has 2 aliphatic heterocycles. The zero-order valence-corrected chi connectivity index (χ0v) is 12.6. The Morgan fingerprint density at radius 2 is 2.25 bits per heavy atom. The molecule has 1 spiro atoms. The first-order valence-electron chi connectivity index (χ1n) is 6.81. The molecule has 0 bridgehead atoms. The molecule has 2 fully saturated rings. The van der Waals surface area contributed by atoms with Gasteiger partial charge in [-0.25, -0.2) is 4.39 Å². The summed E-state index contributed by atoms with van der Waals surface area (Å²) in [6.45, 7) is 1.75. The van der Waals surface area contributed by atoms with Gasteiger partial charge < -0.3 is 9.47 Å². The molecule has 20 heavy (non-hydrogen) atoms. The largest absolute Gasteiger partial charge is 0.378 e. The molecule has 2 unspecified atom stereocenters. The predicted molar refractivity (Wildman–Crippen MR) is 75.3 cm³/mol. The number of rotatable bonds is 2.